The van der Waals surface area contributed by atoms with Crippen LogP contribution in [0, 0.1) is 0 Å². The summed E-state index contributed by atoms with van der Waals surface area (Å²) in [6.45, 7) is 0.568. The van der Waals surface area contributed by atoms with Gasteiger partial charge in [-0.3, -0.25) is 4.79 Å². The van der Waals surface area contributed by atoms with Gasteiger partial charge in [-0.1, -0.05) is 0 Å². The Kier molecular flexibility index (Phi) is 4.08. The van der Waals surface area contributed by atoms with Crippen LogP contribution >= 0.6 is 11.8 Å². The molecule has 0 aromatic rings. The summed E-state index contributed by atoms with van der Waals surface area (Å²) in [5.41, 5.74) is 0. The van der Waals surface area contributed by atoms with E-state index in [1.807, 2.05) is 11.8 Å². The second-order valence-electron chi connectivity index (χ2n) is 2.84. The van der Waals surface area contributed by atoms with Crippen LogP contribution < -0.4 is 5.32 Å². The van der Waals surface area contributed by atoms with E-state index in [4.69, 9.17) is 0 Å². The lowest BCUT2D eigenvalue weighted by atomic mass is 10.2. The van der Waals surface area contributed by atoms with E-state index in [1.165, 1.54) is 13.5 Å². The van der Waals surface area contributed by atoms with Gasteiger partial charge < -0.3 is 10.1 Å². The lowest BCUT2D eigenvalue weighted by molar-refractivity contribution is -0.152. The van der Waals surface area contributed by atoms with Gasteiger partial charge in [0.1, 0.15) is 0 Å². The summed E-state index contributed by atoms with van der Waals surface area (Å²) in [5.74, 6) is -0.309. The summed E-state index contributed by atoms with van der Waals surface area (Å²) >= 11 is 1.84. The van der Waals surface area contributed by atoms with E-state index in [-0.39, 0.29) is 0 Å². The van der Waals surface area contributed by atoms with Gasteiger partial charge in [0, 0.05) is 11.8 Å². The van der Waals surface area contributed by atoms with Gasteiger partial charge in [-0.25, -0.2) is 4.79 Å². The molecular formula is C8H13NO3S. The highest BCUT2D eigenvalue weighted by molar-refractivity contribution is 8.00. The third-order valence-corrected chi connectivity index (χ3v) is 3.28. The molecule has 0 saturated carbocycles. The highest BCUT2D eigenvalue weighted by Crippen LogP contribution is 2.25. The molecule has 1 amide bonds. The Balaban J connectivity index is 2.17. The maximum atomic E-state index is 10.9. The van der Waals surface area contributed by atoms with Crippen LogP contribution in [0.5, 0.6) is 0 Å². The molecule has 13 heavy (non-hydrogen) atoms. The first kappa shape index (κ1) is 10.4. The Hall–Kier alpha value is -0.710. The molecule has 4 nitrogen and oxygen atoms in total. The summed E-state index contributed by atoms with van der Waals surface area (Å²) in [5, 5.41) is 3.01. The van der Waals surface area contributed by atoms with Gasteiger partial charge in [0.25, 0.3) is 0 Å². The standard InChI is InChI=1S/C8H13NO3S/c1-12-8(11)7(10)9-5-6-3-2-4-13-6/h6H,2-5H2,1H3,(H,9,10). The second-order valence-corrected chi connectivity index (χ2v) is 4.24. The smallest absolute Gasteiger partial charge is 0.396 e. The van der Waals surface area contributed by atoms with E-state index < -0.39 is 11.9 Å². The van der Waals surface area contributed by atoms with Gasteiger partial charge in [-0.15, -0.1) is 0 Å². The molecule has 0 bridgehead atoms. The van der Waals surface area contributed by atoms with E-state index >= 15 is 0 Å². The lowest BCUT2D eigenvalue weighted by Gasteiger charge is -2.08. The number of nitrogens with one attached hydrogen (secondary N) is 1. The maximum absolute atomic E-state index is 10.9. The lowest BCUT2D eigenvalue weighted by Crippen LogP contribution is -2.35. The maximum Gasteiger partial charge on any atom is 0.396 e. The third-order valence-electron chi connectivity index (χ3n) is 1.89. The topological polar surface area (TPSA) is 55.4 Å². The van der Waals surface area contributed by atoms with Crippen molar-refractivity contribution in [3.05, 3.63) is 0 Å². The zero-order valence-electron chi connectivity index (χ0n) is 7.54. The predicted molar refractivity (Wildman–Crippen MR) is 50.5 cm³/mol. The number of carbonyl (C=O) groups is 2. The first-order valence-electron chi connectivity index (χ1n) is 4.22. The van der Waals surface area contributed by atoms with Crippen LogP contribution in [-0.2, 0) is 14.3 Å². The number of amides is 1. The molecule has 1 unspecified atom stereocenters. The van der Waals surface area contributed by atoms with Crippen molar-refractivity contribution in [2.24, 2.45) is 0 Å². The highest BCUT2D eigenvalue weighted by atomic mass is 32.2. The zero-order valence-corrected chi connectivity index (χ0v) is 8.36. The van der Waals surface area contributed by atoms with Crippen molar-refractivity contribution in [1.82, 2.24) is 5.32 Å². The minimum absolute atomic E-state index is 0.466. The molecule has 1 saturated heterocycles. The molecule has 0 spiro atoms. The van der Waals surface area contributed by atoms with Crippen LogP contribution in [0.15, 0.2) is 0 Å². The predicted octanol–water partition coefficient (Wildman–Crippen LogP) is 0.171. The van der Waals surface area contributed by atoms with E-state index in [1.54, 1.807) is 0 Å². The van der Waals surface area contributed by atoms with Gasteiger partial charge in [-0.2, -0.15) is 11.8 Å². The van der Waals surface area contributed by atoms with Crippen LogP contribution in [0.1, 0.15) is 12.8 Å². The monoisotopic (exact) mass is 203 g/mol. The Morgan fingerprint density at radius 3 is 2.92 bits per heavy atom. The van der Waals surface area contributed by atoms with E-state index in [9.17, 15) is 9.59 Å². The number of hydrogen-bond donors (Lipinski definition) is 1. The van der Waals surface area contributed by atoms with Crippen molar-refractivity contribution in [2.45, 2.75) is 18.1 Å². The zero-order chi connectivity index (χ0) is 9.68. The van der Waals surface area contributed by atoms with Crippen molar-refractivity contribution in [3.63, 3.8) is 0 Å². The number of rotatable bonds is 2. The number of esters is 1. The summed E-state index contributed by atoms with van der Waals surface area (Å²) < 4.78 is 4.27. The van der Waals surface area contributed by atoms with Gasteiger partial charge in [0.05, 0.1) is 7.11 Å². The molecule has 0 aromatic heterocycles. The molecule has 1 heterocycles. The first-order chi connectivity index (χ1) is 6.24. The summed E-state index contributed by atoms with van der Waals surface area (Å²) in [6, 6.07) is 0. The molecular weight excluding hydrogens is 190 g/mol. The van der Waals surface area contributed by atoms with Crippen molar-refractivity contribution in [1.29, 1.82) is 0 Å². The van der Waals surface area contributed by atoms with Crippen LogP contribution in [0.25, 0.3) is 0 Å². The van der Waals surface area contributed by atoms with Gasteiger partial charge in [0.2, 0.25) is 0 Å². The van der Waals surface area contributed by atoms with Gasteiger partial charge in [-0.05, 0) is 18.6 Å². The number of hydrogen-bond acceptors (Lipinski definition) is 4. The fourth-order valence-corrected chi connectivity index (χ4v) is 2.38. The minimum atomic E-state index is -0.817. The Morgan fingerprint density at radius 2 is 2.38 bits per heavy atom. The normalized spacial score (nSPS) is 21.2. The average molecular weight is 203 g/mol. The first-order valence-corrected chi connectivity index (χ1v) is 5.26. The molecule has 5 heteroatoms. The summed E-state index contributed by atoms with van der Waals surface area (Å²) in [7, 11) is 1.20. The fraction of sp³-hybridized carbons (Fsp3) is 0.750. The second kappa shape index (κ2) is 5.11. The Labute approximate surface area is 81.4 Å². The molecule has 1 aliphatic rings. The van der Waals surface area contributed by atoms with Crippen molar-refractivity contribution < 1.29 is 14.3 Å². The Bertz CT molecular complexity index is 202. The van der Waals surface area contributed by atoms with Crippen LogP contribution in [0.2, 0.25) is 0 Å². The molecule has 1 fully saturated rings. The third kappa shape index (κ3) is 3.26. The summed E-state index contributed by atoms with van der Waals surface area (Å²) in [4.78, 5) is 21.6. The quantitative estimate of drug-likeness (QED) is 0.513. The Morgan fingerprint density at radius 1 is 1.62 bits per heavy atom. The largest absolute Gasteiger partial charge is 0.462 e. The highest BCUT2D eigenvalue weighted by Gasteiger charge is 2.19. The number of thioether (sulfide) groups is 1. The molecule has 0 aliphatic carbocycles. The molecule has 0 radical (unpaired) electrons. The minimum Gasteiger partial charge on any atom is -0.462 e. The average Bonchev–Trinajstić information content (AvgIpc) is 2.65. The molecule has 0 aromatic carbocycles. The summed E-state index contributed by atoms with van der Waals surface area (Å²) in [6.07, 6.45) is 2.32. The van der Waals surface area contributed by atoms with Crippen LogP contribution in [-0.4, -0.2) is 36.5 Å². The molecule has 1 aliphatic heterocycles. The van der Waals surface area contributed by atoms with Crippen LogP contribution in [0.4, 0.5) is 0 Å². The van der Waals surface area contributed by atoms with Crippen molar-refractivity contribution in [2.75, 3.05) is 19.4 Å². The molecule has 1 N–H and O–H groups in total. The van der Waals surface area contributed by atoms with Gasteiger partial charge >= 0.3 is 11.9 Å². The number of ether oxygens (including phenoxy) is 1. The van der Waals surface area contributed by atoms with Crippen molar-refractivity contribution in [3.8, 4) is 0 Å². The van der Waals surface area contributed by atoms with E-state index in [0.29, 0.717) is 11.8 Å². The fourth-order valence-electron chi connectivity index (χ4n) is 1.18. The SMILES string of the molecule is COC(=O)C(=O)NCC1CCCS1. The van der Waals surface area contributed by atoms with Gasteiger partial charge in [0.15, 0.2) is 0 Å². The number of methoxy groups -OCH3 is 1. The van der Waals surface area contributed by atoms with E-state index in [2.05, 4.69) is 10.1 Å². The van der Waals surface area contributed by atoms with Crippen LogP contribution in [0.3, 0.4) is 0 Å². The molecule has 1 rings (SSSR count). The molecule has 1 atom stereocenters. The number of carbonyl (C=O) groups excluding carboxylic acids is 2. The van der Waals surface area contributed by atoms with E-state index in [0.717, 1.165) is 12.2 Å². The van der Waals surface area contributed by atoms with Crippen molar-refractivity contribution >= 4 is 23.6 Å². The molecule has 74 valence electrons.